The topological polar surface area (TPSA) is 87.0 Å². The monoisotopic (exact) mass is 296 g/mol. The number of hydrogen-bond donors (Lipinski definition) is 3. The summed E-state index contributed by atoms with van der Waals surface area (Å²) in [6.45, 7) is 4.62. The van der Waals surface area contributed by atoms with Crippen molar-refractivity contribution in [2.45, 2.75) is 26.2 Å². The molecule has 0 bridgehead atoms. The van der Waals surface area contributed by atoms with Gasteiger partial charge in [-0.25, -0.2) is 4.79 Å². The standard InChI is InChI=1S/C16H24O5/c1-15(2,3)13-6-4-12(5-7-13)14(20)21-11-16(8-17,9-18)10-19/h4-7,17-19H,8-11H2,1-3H3. The number of rotatable bonds is 6. The number of ether oxygens (including phenoxy) is 1. The average Bonchev–Trinajstić information content (AvgIpc) is 2.48. The molecule has 21 heavy (non-hydrogen) atoms. The van der Waals surface area contributed by atoms with Gasteiger partial charge in [0, 0.05) is 0 Å². The second kappa shape index (κ2) is 7.02. The van der Waals surface area contributed by atoms with E-state index < -0.39 is 31.2 Å². The summed E-state index contributed by atoms with van der Waals surface area (Å²) in [4.78, 5) is 11.9. The van der Waals surface area contributed by atoms with Crippen LogP contribution in [0.3, 0.4) is 0 Å². The minimum atomic E-state index is -1.21. The highest BCUT2D eigenvalue weighted by atomic mass is 16.5. The average molecular weight is 296 g/mol. The van der Waals surface area contributed by atoms with Crippen LogP contribution in [0.2, 0.25) is 0 Å². The first-order chi connectivity index (χ1) is 9.78. The second-order valence-electron chi connectivity index (χ2n) is 6.38. The van der Waals surface area contributed by atoms with Gasteiger partial charge >= 0.3 is 5.97 Å². The van der Waals surface area contributed by atoms with Crippen LogP contribution in [0.15, 0.2) is 24.3 Å². The van der Waals surface area contributed by atoms with Crippen molar-refractivity contribution < 1.29 is 24.9 Å². The first-order valence-electron chi connectivity index (χ1n) is 6.88. The van der Waals surface area contributed by atoms with Crippen molar-refractivity contribution in [1.82, 2.24) is 0 Å². The van der Waals surface area contributed by atoms with E-state index >= 15 is 0 Å². The van der Waals surface area contributed by atoms with E-state index in [0.29, 0.717) is 5.56 Å². The predicted molar refractivity (Wildman–Crippen MR) is 79.1 cm³/mol. The molecule has 0 aliphatic rings. The summed E-state index contributed by atoms with van der Waals surface area (Å²) >= 11 is 0. The van der Waals surface area contributed by atoms with Crippen LogP contribution >= 0.6 is 0 Å². The summed E-state index contributed by atoms with van der Waals surface area (Å²) in [7, 11) is 0. The molecule has 0 heterocycles. The maximum atomic E-state index is 11.9. The summed E-state index contributed by atoms with van der Waals surface area (Å²) in [5, 5.41) is 27.5. The van der Waals surface area contributed by atoms with Gasteiger partial charge in [-0.3, -0.25) is 0 Å². The molecule has 5 nitrogen and oxygen atoms in total. The Balaban J connectivity index is 2.72. The molecule has 0 aromatic heterocycles. The van der Waals surface area contributed by atoms with Gasteiger partial charge in [0.05, 0.1) is 30.8 Å². The van der Waals surface area contributed by atoms with E-state index in [0.717, 1.165) is 5.56 Å². The zero-order valence-corrected chi connectivity index (χ0v) is 12.8. The molecule has 0 aliphatic heterocycles. The minimum absolute atomic E-state index is 0.00224. The van der Waals surface area contributed by atoms with Gasteiger partial charge in [-0.1, -0.05) is 32.9 Å². The van der Waals surface area contributed by atoms with Gasteiger partial charge in [0.25, 0.3) is 0 Å². The van der Waals surface area contributed by atoms with E-state index in [2.05, 4.69) is 20.8 Å². The summed E-state index contributed by atoms with van der Waals surface area (Å²) in [5.74, 6) is -0.546. The Hall–Kier alpha value is -1.43. The number of esters is 1. The molecule has 3 N–H and O–H groups in total. The van der Waals surface area contributed by atoms with Gasteiger partial charge in [-0.05, 0) is 23.1 Å². The number of benzene rings is 1. The molecule has 1 rings (SSSR count). The second-order valence-corrected chi connectivity index (χ2v) is 6.38. The Kier molecular flexibility index (Phi) is 5.89. The molecule has 0 saturated carbocycles. The highest BCUT2D eigenvalue weighted by molar-refractivity contribution is 5.89. The number of carbonyl (C=O) groups is 1. The zero-order chi connectivity index (χ0) is 16.1. The molecule has 0 fully saturated rings. The van der Waals surface area contributed by atoms with Crippen molar-refractivity contribution in [2.75, 3.05) is 26.4 Å². The molecule has 0 amide bonds. The Labute approximate surface area is 125 Å². The highest BCUT2D eigenvalue weighted by Gasteiger charge is 2.30. The molecular weight excluding hydrogens is 272 g/mol. The lowest BCUT2D eigenvalue weighted by atomic mass is 9.87. The fourth-order valence-electron chi connectivity index (χ4n) is 1.70. The van der Waals surface area contributed by atoms with Crippen molar-refractivity contribution in [2.24, 2.45) is 5.41 Å². The van der Waals surface area contributed by atoms with Crippen molar-refractivity contribution in [3.05, 3.63) is 35.4 Å². The Bertz CT molecular complexity index is 446. The molecule has 5 heteroatoms. The lowest BCUT2D eigenvalue weighted by Gasteiger charge is -2.26. The smallest absolute Gasteiger partial charge is 0.338 e. The Morgan fingerprint density at radius 1 is 1.00 bits per heavy atom. The number of aliphatic hydroxyl groups excluding tert-OH is 3. The highest BCUT2D eigenvalue weighted by Crippen LogP contribution is 2.22. The largest absolute Gasteiger partial charge is 0.461 e. The van der Waals surface area contributed by atoms with Crippen LogP contribution in [0.4, 0.5) is 0 Å². The zero-order valence-electron chi connectivity index (χ0n) is 12.8. The van der Waals surface area contributed by atoms with Crippen molar-refractivity contribution in [3.63, 3.8) is 0 Å². The number of aliphatic hydroxyl groups is 3. The molecule has 0 radical (unpaired) electrons. The lowest BCUT2D eigenvalue weighted by molar-refractivity contribution is -0.0441. The summed E-state index contributed by atoms with van der Waals surface area (Å²) < 4.78 is 5.07. The van der Waals surface area contributed by atoms with Crippen LogP contribution in [0, 0.1) is 5.41 Å². The van der Waals surface area contributed by atoms with E-state index in [1.54, 1.807) is 12.1 Å². The Morgan fingerprint density at radius 2 is 1.48 bits per heavy atom. The molecule has 1 aromatic rings. The van der Waals surface area contributed by atoms with Crippen LogP contribution in [-0.2, 0) is 10.2 Å². The fraction of sp³-hybridized carbons (Fsp3) is 0.562. The van der Waals surface area contributed by atoms with E-state index in [-0.39, 0.29) is 12.0 Å². The van der Waals surface area contributed by atoms with Crippen molar-refractivity contribution in [3.8, 4) is 0 Å². The lowest BCUT2D eigenvalue weighted by Crippen LogP contribution is -2.39. The molecule has 0 atom stereocenters. The van der Waals surface area contributed by atoms with Crippen LogP contribution in [0.1, 0.15) is 36.7 Å². The molecule has 0 unspecified atom stereocenters. The minimum Gasteiger partial charge on any atom is -0.461 e. The van der Waals surface area contributed by atoms with E-state index in [1.165, 1.54) is 0 Å². The molecule has 0 spiro atoms. The van der Waals surface area contributed by atoms with Gasteiger partial charge in [0.2, 0.25) is 0 Å². The van der Waals surface area contributed by atoms with Crippen LogP contribution in [0.25, 0.3) is 0 Å². The Morgan fingerprint density at radius 3 is 1.86 bits per heavy atom. The van der Waals surface area contributed by atoms with E-state index in [1.807, 2.05) is 12.1 Å². The maximum Gasteiger partial charge on any atom is 0.338 e. The first kappa shape index (κ1) is 17.6. The van der Waals surface area contributed by atoms with Gasteiger partial charge < -0.3 is 20.1 Å². The van der Waals surface area contributed by atoms with Gasteiger partial charge in [0.15, 0.2) is 0 Å². The molecule has 118 valence electrons. The van der Waals surface area contributed by atoms with Crippen molar-refractivity contribution >= 4 is 5.97 Å². The first-order valence-corrected chi connectivity index (χ1v) is 6.88. The third kappa shape index (κ3) is 4.52. The normalized spacial score (nSPS) is 12.3. The SMILES string of the molecule is CC(C)(C)c1ccc(C(=O)OCC(CO)(CO)CO)cc1. The molecule has 0 aliphatic carbocycles. The third-order valence-electron chi connectivity index (χ3n) is 3.50. The van der Waals surface area contributed by atoms with Crippen LogP contribution in [0.5, 0.6) is 0 Å². The summed E-state index contributed by atoms with van der Waals surface area (Å²) in [6, 6.07) is 7.10. The van der Waals surface area contributed by atoms with Gasteiger partial charge in [-0.15, -0.1) is 0 Å². The predicted octanol–water partition coefficient (Wildman–Crippen LogP) is 1.10. The van der Waals surface area contributed by atoms with Gasteiger partial charge in [-0.2, -0.15) is 0 Å². The van der Waals surface area contributed by atoms with Gasteiger partial charge in [0.1, 0.15) is 6.61 Å². The van der Waals surface area contributed by atoms with Crippen LogP contribution < -0.4 is 0 Å². The molecule has 1 aromatic carbocycles. The maximum absolute atomic E-state index is 11.9. The van der Waals surface area contributed by atoms with E-state index in [4.69, 9.17) is 4.74 Å². The number of hydrogen-bond acceptors (Lipinski definition) is 5. The summed E-state index contributed by atoms with van der Waals surface area (Å²) in [5.41, 5.74) is 0.295. The fourth-order valence-corrected chi connectivity index (χ4v) is 1.70. The quantitative estimate of drug-likeness (QED) is 0.684. The van der Waals surface area contributed by atoms with Crippen LogP contribution in [-0.4, -0.2) is 47.7 Å². The van der Waals surface area contributed by atoms with E-state index in [9.17, 15) is 20.1 Å². The number of carbonyl (C=O) groups excluding carboxylic acids is 1. The molecular formula is C16H24O5. The van der Waals surface area contributed by atoms with Crippen molar-refractivity contribution in [1.29, 1.82) is 0 Å². The summed E-state index contributed by atoms with van der Waals surface area (Å²) in [6.07, 6.45) is 0. The molecule has 0 saturated heterocycles. The third-order valence-corrected chi connectivity index (χ3v) is 3.50.